The Kier molecular flexibility index (Phi) is 5.86. The number of aromatic nitrogens is 1. The number of halogens is 2. The lowest BCUT2D eigenvalue weighted by atomic mass is 10.0. The van der Waals surface area contributed by atoms with E-state index in [1.165, 1.54) is 0 Å². The number of pyridine rings is 1. The smallest absolute Gasteiger partial charge is 0.338 e. The first-order valence-electron chi connectivity index (χ1n) is 8.12. The quantitative estimate of drug-likeness (QED) is 0.326. The molecule has 0 amide bonds. The third-order valence-electron chi connectivity index (χ3n) is 3.86. The lowest BCUT2D eigenvalue weighted by molar-refractivity contribution is 0.0502. The van der Waals surface area contributed by atoms with Gasteiger partial charge in [0.05, 0.1) is 23.4 Å². The second-order valence-corrected chi connectivity index (χ2v) is 7.54. The molecule has 0 atom stereocenters. The summed E-state index contributed by atoms with van der Waals surface area (Å²) in [6.45, 7) is 2.50. The molecule has 0 radical (unpaired) electrons. The van der Waals surface area contributed by atoms with E-state index in [0.29, 0.717) is 12.2 Å². The van der Waals surface area contributed by atoms with Gasteiger partial charge in [-0.25, -0.2) is 9.78 Å². The zero-order valence-electron chi connectivity index (χ0n) is 13.8. The van der Waals surface area contributed by atoms with Crippen LogP contribution in [0.15, 0.2) is 57.5 Å². The minimum atomic E-state index is -0.308. The molecule has 0 aliphatic carbocycles. The Labute approximate surface area is 163 Å². The molecular weight excluding hydrogens is 446 g/mol. The molecule has 3 aromatic rings. The average Bonchev–Trinajstić information content (AvgIpc) is 2.61. The Bertz CT molecular complexity index is 907. The SMILES string of the molecule is CCCCOC(=O)c1cc(-c2ccc(Br)cc2)nc2ccc(Br)cc12. The summed E-state index contributed by atoms with van der Waals surface area (Å²) in [7, 11) is 0. The van der Waals surface area contributed by atoms with Crippen molar-refractivity contribution in [3.8, 4) is 11.3 Å². The average molecular weight is 463 g/mol. The summed E-state index contributed by atoms with van der Waals surface area (Å²) in [5.41, 5.74) is 3.02. The van der Waals surface area contributed by atoms with Crippen molar-refractivity contribution < 1.29 is 9.53 Å². The molecule has 3 rings (SSSR count). The van der Waals surface area contributed by atoms with E-state index in [2.05, 4.69) is 38.8 Å². The Morgan fingerprint density at radius 1 is 1.04 bits per heavy atom. The minimum absolute atomic E-state index is 0.308. The molecule has 3 nitrogen and oxygen atoms in total. The number of fused-ring (bicyclic) bond motifs is 1. The number of esters is 1. The van der Waals surface area contributed by atoms with Crippen LogP contribution in [0.25, 0.3) is 22.2 Å². The maximum Gasteiger partial charge on any atom is 0.338 e. The number of ether oxygens (including phenoxy) is 1. The van der Waals surface area contributed by atoms with Crippen molar-refractivity contribution in [2.45, 2.75) is 19.8 Å². The summed E-state index contributed by atoms with van der Waals surface area (Å²) in [5.74, 6) is -0.308. The van der Waals surface area contributed by atoms with E-state index in [4.69, 9.17) is 9.72 Å². The van der Waals surface area contributed by atoms with Gasteiger partial charge < -0.3 is 4.74 Å². The first-order valence-corrected chi connectivity index (χ1v) is 9.70. The number of hydrogen-bond donors (Lipinski definition) is 0. The molecule has 0 saturated carbocycles. The van der Waals surface area contributed by atoms with Crippen LogP contribution in [0.4, 0.5) is 0 Å². The Morgan fingerprint density at radius 3 is 2.48 bits per heavy atom. The highest BCUT2D eigenvalue weighted by Crippen LogP contribution is 2.28. The summed E-state index contributed by atoms with van der Waals surface area (Å²) in [6, 6.07) is 15.4. The van der Waals surface area contributed by atoms with Gasteiger partial charge in [0.1, 0.15) is 0 Å². The normalized spacial score (nSPS) is 10.8. The van der Waals surface area contributed by atoms with E-state index in [1.54, 1.807) is 0 Å². The summed E-state index contributed by atoms with van der Waals surface area (Å²) >= 11 is 6.90. The predicted octanol–water partition coefficient (Wildman–Crippen LogP) is 6.38. The monoisotopic (exact) mass is 461 g/mol. The van der Waals surface area contributed by atoms with Crippen molar-refractivity contribution in [1.29, 1.82) is 0 Å². The van der Waals surface area contributed by atoms with Crippen molar-refractivity contribution in [2.75, 3.05) is 6.61 Å². The van der Waals surface area contributed by atoms with Crippen molar-refractivity contribution in [2.24, 2.45) is 0 Å². The van der Waals surface area contributed by atoms with Crippen molar-refractivity contribution in [1.82, 2.24) is 4.98 Å². The van der Waals surface area contributed by atoms with Gasteiger partial charge in [0.15, 0.2) is 0 Å². The topological polar surface area (TPSA) is 39.2 Å². The van der Waals surface area contributed by atoms with Crippen LogP contribution in [0, 0.1) is 0 Å². The lowest BCUT2D eigenvalue weighted by Gasteiger charge is -2.10. The Hall–Kier alpha value is -1.72. The van der Waals surface area contributed by atoms with Crippen molar-refractivity contribution in [3.63, 3.8) is 0 Å². The molecular formula is C20H17Br2NO2. The molecule has 0 aliphatic rings. The van der Waals surface area contributed by atoms with Crippen LogP contribution >= 0.6 is 31.9 Å². The summed E-state index contributed by atoms with van der Waals surface area (Å²) in [6.07, 6.45) is 1.85. The summed E-state index contributed by atoms with van der Waals surface area (Å²) in [4.78, 5) is 17.3. The van der Waals surface area contributed by atoms with Gasteiger partial charge in [-0.15, -0.1) is 0 Å². The predicted molar refractivity (Wildman–Crippen MR) is 108 cm³/mol. The maximum atomic E-state index is 12.6. The lowest BCUT2D eigenvalue weighted by Crippen LogP contribution is -2.08. The molecule has 0 aliphatic heterocycles. The molecule has 0 bridgehead atoms. The van der Waals surface area contributed by atoms with Crippen LogP contribution in [0.5, 0.6) is 0 Å². The molecule has 128 valence electrons. The van der Waals surface area contributed by atoms with Gasteiger partial charge in [-0.3, -0.25) is 0 Å². The summed E-state index contributed by atoms with van der Waals surface area (Å²) < 4.78 is 7.34. The van der Waals surface area contributed by atoms with E-state index < -0.39 is 0 Å². The maximum absolute atomic E-state index is 12.6. The minimum Gasteiger partial charge on any atom is -0.462 e. The highest BCUT2D eigenvalue weighted by Gasteiger charge is 2.15. The standard InChI is InChI=1S/C20H17Br2NO2/c1-2-3-10-25-20(24)17-12-19(13-4-6-14(21)7-5-13)23-18-9-8-15(22)11-16(17)18/h4-9,11-12H,2-3,10H2,1H3. The molecule has 25 heavy (non-hydrogen) atoms. The van der Waals surface area contributed by atoms with Gasteiger partial charge >= 0.3 is 5.97 Å². The molecule has 0 N–H and O–H groups in total. The Balaban J connectivity index is 2.09. The Morgan fingerprint density at radius 2 is 1.76 bits per heavy atom. The van der Waals surface area contributed by atoms with E-state index >= 15 is 0 Å². The first-order chi connectivity index (χ1) is 12.1. The van der Waals surface area contributed by atoms with Gasteiger partial charge in [0, 0.05) is 19.9 Å². The van der Waals surface area contributed by atoms with E-state index in [0.717, 1.165) is 43.9 Å². The van der Waals surface area contributed by atoms with Gasteiger partial charge in [-0.1, -0.05) is 57.3 Å². The number of rotatable bonds is 5. The molecule has 0 unspecified atom stereocenters. The fourth-order valence-corrected chi connectivity index (χ4v) is 3.15. The number of unbranched alkanes of at least 4 members (excludes halogenated alkanes) is 1. The number of carbonyl (C=O) groups is 1. The number of carbonyl (C=O) groups excluding carboxylic acids is 1. The molecule has 1 aromatic heterocycles. The molecule has 5 heteroatoms. The summed E-state index contributed by atoms with van der Waals surface area (Å²) in [5, 5.41) is 0.789. The van der Waals surface area contributed by atoms with Crippen LogP contribution in [-0.2, 0) is 4.74 Å². The van der Waals surface area contributed by atoms with Crippen molar-refractivity contribution in [3.05, 3.63) is 63.0 Å². The molecule has 0 fully saturated rings. The highest BCUT2D eigenvalue weighted by molar-refractivity contribution is 9.10. The largest absolute Gasteiger partial charge is 0.462 e. The van der Waals surface area contributed by atoms with Gasteiger partial charge in [0.2, 0.25) is 0 Å². The second kappa shape index (κ2) is 8.11. The molecule has 2 aromatic carbocycles. The van der Waals surface area contributed by atoms with Gasteiger partial charge in [-0.05, 0) is 42.8 Å². The van der Waals surface area contributed by atoms with Gasteiger partial charge in [-0.2, -0.15) is 0 Å². The van der Waals surface area contributed by atoms with Gasteiger partial charge in [0.25, 0.3) is 0 Å². The highest BCUT2D eigenvalue weighted by atomic mass is 79.9. The number of benzene rings is 2. The fourth-order valence-electron chi connectivity index (χ4n) is 2.52. The molecule has 0 spiro atoms. The van der Waals surface area contributed by atoms with Crippen LogP contribution in [0.3, 0.4) is 0 Å². The van der Waals surface area contributed by atoms with E-state index in [-0.39, 0.29) is 5.97 Å². The second-order valence-electron chi connectivity index (χ2n) is 5.71. The third kappa shape index (κ3) is 4.28. The fraction of sp³-hybridized carbons (Fsp3) is 0.200. The number of nitrogens with zero attached hydrogens (tertiary/aromatic N) is 1. The number of hydrogen-bond acceptors (Lipinski definition) is 3. The third-order valence-corrected chi connectivity index (χ3v) is 4.88. The van der Waals surface area contributed by atoms with E-state index in [1.807, 2.05) is 48.5 Å². The van der Waals surface area contributed by atoms with Crippen molar-refractivity contribution >= 4 is 48.7 Å². The zero-order chi connectivity index (χ0) is 17.8. The van der Waals surface area contributed by atoms with Crippen LogP contribution in [-0.4, -0.2) is 17.6 Å². The van der Waals surface area contributed by atoms with Crippen LogP contribution < -0.4 is 0 Å². The van der Waals surface area contributed by atoms with E-state index in [9.17, 15) is 4.79 Å². The van der Waals surface area contributed by atoms with Crippen LogP contribution in [0.2, 0.25) is 0 Å². The molecule has 0 saturated heterocycles. The first kappa shape index (κ1) is 18.1. The zero-order valence-corrected chi connectivity index (χ0v) is 16.9. The van der Waals surface area contributed by atoms with Crippen LogP contribution in [0.1, 0.15) is 30.1 Å². The molecule has 1 heterocycles.